The highest BCUT2D eigenvalue weighted by Gasteiger charge is 2.13. The average Bonchev–Trinajstić information content (AvgIpc) is 3.14. The van der Waals surface area contributed by atoms with Gasteiger partial charge >= 0.3 is 0 Å². The fourth-order valence-electron chi connectivity index (χ4n) is 2.73. The van der Waals surface area contributed by atoms with E-state index in [2.05, 4.69) is 66.2 Å². The molecule has 0 saturated carbocycles. The second-order valence-electron chi connectivity index (χ2n) is 6.02. The number of benzene rings is 2. The molecule has 0 radical (unpaired) electrons. The number of aryl methyl sites for hydroxylation is 3. The summed E-state index contributed by atoms with van der Waals surface area (Å²) in [6.07, 6.45) is 0. The van der Waals surface area contributed by atoms with Gasteiger partial charge in [-0.25, -0.2) is 9.97 Å². The molecule has 4 aromatic rings. The molecule has 2 aromatic carbocycles. The van der Waals surface area contributed by atoms with Gasteiger partial charge in [-0.3, -0.25) is 0 Å². The number of aromatic nitrogens is 3. The Kier molecular flexibility index (Phi) is 3.58. The fourth-order valence-corrected chi connectivity index (χ4v) is 3.44. The van der Waals surface area contributed by atoms with E-state index in [4.69, 9.17) is 9.97 Å². The first-order valence-corrected chi connectivity index (χ1v) is 8.71. The molecule has 2 aromatic heterocycles. The number of hydrogen-bond donors (Lipinski definition) is 1. The molecule has 0 bridgehead atoms. The summed E-state index contributed by atoms with van der Waals surface area (Å²) in [5.41, 5.74) is 6.53. The van der Waals surface area contributed by atoms with Gasteiger partial charge in [0.25, 0.3) is 0 Å². The Hall–Kier alpha value is -2.66. The summed E-state index contributed by atoms with van der Waals surface area (Å²) in [6.45, 7) is 4.17. The Morgan fingerprint density at radius 1 is 0.958 bits per heavy atom. The van der Waals surface area contributed by atoms with E-state index in [0.29, 0.717) is 0 Å². The van der Waals surface area contributed by atoms with E-state index >= 15 is 0 Å². The van der Waals surface area contributed by atoms with Crippen molar-refractivity contribution in [2.24, 2.45) is 7.05 Å². The second-order valence-corrected chi connectivity index (χ2v) is 6.87. The van der Waals surface area contributed by atoms with Crippen LogP contribution in [0.4, 0.5) is 10.8 Å². The molecule has 5 heteroatoms. The van der Waals surface area contributed by atoms with Gasteiger partial charge in [0.1, 0.15) is 5.69 Å². The lowest BCUT2D eigenvalue weighted by Gasteiger charge is -2.02. The fraction of sp³-hybridized carbons (Fsp3) is 0.158. The molecule has 0 aliphatic heterocycles. The number of imidazole rings is 1. The molecule has 120 valence electrons. The third kappa shape index (κ3) is 2.67. The van der Waals surface area contributed by atoms with Crippen molar-refractivity contribution in [3.05, 3.63) is 59.0 Å². The Balaban J connectivity index is 1.67. The van der Waals surface area contributed by atoms with Crippen molar-refractivity contribution >= 4 is 33.2 Å². The van der Waals surface area contributed by atoms with Crippen LogP contribution in [0.3, 0.4) is 0 Å². The van der Waals surface area contributed by atoms with Crippen molar-refractivity contribution in [2.75, 3.05) is 5.32 Å². The van der Waals surface area contributed by atoms with Crippen LogP contribution in [0.1, 0.15) is 11.1 Å². The Labute approximate surface area is 144 Å². The predicted octanol–water partition coefficient (Wildman–Crippen LogP) is 5.06. The molecule has 4 rings (SSSR count). The van der Waals surface area contributed by atoms with Gasteiger partial charge in [0, 0.05) is 18.1 Å². The summed E-state index contributed by atoms with van der Waals surface area (Å²) < 4.78 is 2.10. The SMILES string of the molecule is Cc1ccc(Nc2nc(-c3nc4cc(C)ccc4n3C)cs2)cc1. The van der Waals surface area contributed by atoms with Crippen LogP contribution in [0.2, 0.25) is 0 Å². The number of hydrogen-bond acceptors (Lipinski definition) is 4. The summed E-state index contributed by atoms with van der Waals surface area (Å²) in [5.74, 6) is 0.892. The average molecular weight is 334 g/mol. The van der Waals surface area contributed by atoms with Crippen LogP contribution in [0, 0.1) is 13.8 Å². The lowest BCUT2D eigenvalue weighted by Crippen LogP contribution is -1.94. The van der Waals surface area contributed by atoms with Gasteiger partial charge in [0.15, 0.2) is 11.0 Å². The quantitative estimate of drug-likeness (QED) is 0.569. The van der Waals surface area contributed by atoms with E-state index < -0.39 is 0 Å². The molecule has 4 nitrogen and oxygen atoms in total. The van der Waals surface area contributed by atoms with Gasteiger partial charge in [0.05, 0.1) is 11.0 Å². The maximum absolute atomic E-state index is 4.75. The number of thiazole rings is 1. The summed E-state index contributed by atoms with van der Waals surface area (Å²) in [5, 5.41) is 6.27. The van der Waals surface area contributed by atoms with Gasteiger partial charge in [-0.1, -0.05) is 23.8 Å². The molecule has 2 heterocycles. The Morgan fingerprint density at radius 3 is 2.50 bits per heavy atom. The summed E-state index contributed by atoms with van der Waals surface area (Å²) >= 11 is 1.59. The van der Waals surface area contributed by atoms with Gasteiger partial charge < -0.3 is 9.88 Å². The maximum atomic E-state index is 4.75. The topological polar surface area (TPSA) is 42.7 Å². The molecule has 1 N–H and O–H groups in total. The Morgan fingerprint density at radius 2 is 1.71 bits per heavy atom. The van der Waals surface area contributed by atoms with E-state index in [1.165, 1.54) is 11.1 Å². The maximum Gasteiger partial charge on any atom is 0.187 e. The van der Waals surface area contributed by atoms with E-state index in [-0.39, 0.29) is 0 Å². The van der Waals surface area contributed by atoms with Gasteiger partial charge in [-0.2, -0.15) is 0 Å². The van der Waals surface area contributed by atoms with Crippen molar-refractivity contribution < 1.29 is 0 Å². The van der Waals surface area contributed by atoms with Gasteiger partial charge in [-0.05, 0) is 43.7 Å². The van der Waals surface area contributed by atoms with Crippen LogP contribution in [-0.4, -0.2) is 14.5 Å². The molecular formula is C19H18N4S. The van der Waals surface area contributed by atoms with Crippen molar-refractivity contribution in [1.82, 2.24) is 14.5 Å². The smallest absolute Gasteiger partial charge is 0.187 e. The highest BCUT2D eigenvalue weighted by molar-refractivity contribution is 7.14. The molecular weight excluding hydrogens is 316 g/mol. The molecule has 0 fully saturated rings. The van der Waals surface area contributed by atoms with Gasteiger partial charge in [-0.15, -0.1) is 11.3 Å². The number of nitrogens with one attached hydrogen (secondary N) is 1. The number of nitrogens with zero attached hydrogens (tertiary/aromatic N) is 3. The number of fused-ring (bicyclic) bond motifs is 1. The third-order valence-electron chi connectivity index (χ3n) is 4.07. The second kappa shape index (κ2) is 5.76. The van der Waals surface area contributed by atoms with Crippen LogP contribution in [0.5, 0.6) is 0 Å². The lowest BCUT2D eigenvalue weighted by molar-refractivity contribution is 0.953. The minimum absolute atomic E-state index is 0.872. The first kappa shape index (κ1) is 14.9. The molecule has 0 aliphatic rings. The first-order valence-electron chi connectivity index (χ1n) is 7.83. The first-order chi connectivity index (χ1) is 11.6. The monoisotopic (exact) mass is 334 g/mol. The standard InChI is InChI=1S/C19H18N4S/c1-12-4-7-14(8-5-12)20-19-22-16(11-24-19)18-21-15-10-13(2)6-9-17(15)23(18)3/h4-11H,1-3H3,(H,20,22). The van der Waals surface area contributed by atoms with Crippen molar-refractivity contribution in [2.45, 2.75) is 13.8 Å². The predicted molar refractivity (Wildman–Crippen MR) is 101 cm³/mol. The van der Waals surface area contributed by atoms with E-state index in [0.717, 1.165) is 33.4 Å². The van der Waals surface area contributed by atoms with Crippen molar-refractivity contribution in [3.8, 4) is 11.5 Å². The highest BCUT2D eigenvalue weighted by atomic mass is 32.1. The van der Waals surface area contributed by atoms with Crippen LogP contribution in [0.25, 0.3) is 22.6 Å². The van der Waals surface area contributed by atoms with Crippen LogP contribution >= 0.6 is 11.3 Å². The molecule has 0 spiro atoms. The molecule has 0 aliphatic carbocycles. The molecule has 0 atom stereocenters. The number of rotatable bonds is 3. The van der Waals surface area contributed by atoms with Crippen molar-refractivity contribution in [3.63, 3.8) is 0 Å². The number of anilines is 2. The molecule has 0 amide bonds. The van der Waals surface area contributed by atoms with Crippen LogP contribution in [-0.2, 0) is 7.05 Å². The molecule has 24 heavy (non-hydrogen) atoms. The minimum Gasteiger partial charge on any atom is -0.332 e. The normalized spacial score (nSPS) is 11.1. The molecule has 0 unspecified atom stereocenters. The zero-order valence-electron chi connectivity index (χ0n) is 13.9. The Bertz CT molecular complexity index is 1010. The minimum atomic E-state index is 0.872. The highest BCUT2D eigenvalue weighted by Crippen LogP contribution is 2.29. The summed E-state index contributed by atoms with van der Waals surface area (Å²) in [7, 11) is 2.03. The van der Waals surface area contributed by atoms with Crippen molar-refractivity contribution in [1.29, 1.82) is 0 Å². The third-order valence-corrected chi connectivity index (χ3v) is 4.83. The zero-order chi connectivity index (χ0) is 16.7. The van der Waals surface area contributed by atoms with Crippen LogP contribution < -0.4 is 5.32 Å². The van der Waals surface area contributed by atoms with Gasteiger partial charge in [0.2, 0.25) is 0 Å². The van der Waals surface area contributed by atoms with Crippen LogP contribution in [0.15, 0.2) is 47.8 Å². The summed E-state index contributed by atoms with van der Waals surface area (Å²) in [4.78, 5) is 9.46. The lowest BCUT2D eigenvalue weighted by atomic mass is 10.2. The zero-order valence-corrected chi connectivity index (χ0v) is 14.7. The van der Waals surface area contributed by atoms with E-state index in [9.17, 15) is 0 Å². The van der Waals surface area contributed by atoms with E-state index in [1.807, 2.05) is 12.4 Å². The molecule has 0 saturated heterocycles. The van der Waals surface area contributed by atoms with E-state index in [1.54, 1.807) is 11.3 Å². The largest absolute Gasteiger partial charge is 0.332 e. The summed E-state index contributed by atoms with van der Waals surface area (Å²) in [6, 6.07) is 14.6.